The van der Waals surface area contributed by atoms with Gasteiger partial charge in [-0.15, -0.1) is 0 Å². The SMILES string of the molecule is CCCC1CCCN(Cc2cc(C(N)=S)ccc2F)CC1. The minimum atomic E-state index is -0.163. The van der Waals surface area contributed by atoms with E-state index in [-0.39, 0.29) is 5.82 Å². The Balaban J connectivity index is 2.01. The number of thiocarbonyl (C=S) groups is 1. The summed E-state index contributed by atoms with van der Waals surface area (Å²) in [5.41, 5.74) is 7.09. The number of hydrogen-bond donors (Lipinski definition) is 1. The van der Waals surface area contributed by atoms with E-state index in [1.165, 1.54) is 38.2 Å². The number of benzene rings is 1. The molecular weight excluding hydrogens is 283 g/mol. The van der Waals surface area contributed by atoms with Crippen LogP contribution in [0.2, 0.25) is 0 Å². The molecule has 1 aromatic rings. The molecule has 2 N–H and O–H groups in total. The van der Waals surface area contributed by atoms with E-state index in [1.807, 2.05) is 0 Å². The van der Waals surface area contributed by atoms with Gasteiger partial charge in [-0.1, -0.05) is 32.0 Å². The Bertz CT molecular complexity index is 490. The normalized spacial score (nSPS) is 20.2. The Morgan fingerprint density at radius 3 is 2.90 bits per heavy atom. The Hall–Kier alpha value is -1.00. The molecule has 0 bridgehead atoms. The van der Waals surface area contributed by atoms with Gasteiger partial charge < -0.3 is 5.73 Å². The van der Waals surface area contributed by atoms with Gasteiger partial charge in [0.15, 0.2) is 0 Å². The Kier molecular flexibility index (Phi) is 6.12. The van der Waals surface area contributed by atoms with Crippen LogP contribution < -0.4 is 5.73 Å². The van der Waals surface area contributed by atoms with Gasteiger partial charge in [-0.25, -0.2) is 4.39 Å². The number of hydrogen-bond acceptors (Lipinski definition) is 2. The zero-order chi connectivity index (χ0) is 15.2. The monoisotopic (exact) mass is 308 g/mol. The smallest absolute Gasteiger partial charge is 0.127 e. The summed E-state index contributed by atoms with van der Waals surface area (Å²) >= 11 is 4.98. The molecule has 0 radical (unpaired) electrons. The van der Waals surface area contributed by atoms with Crippen molar-refractivity contribution in [3.8, 4) is 0 Å². The Morgan fingerprint density at radius 1 is 1.38 bits per heavy atom. The summed E-state index contributed by atoms with van der Waals surface area (Å²) in [7, 11) is 0. The minimum absolute atomic E-state index is 0.163. The largest absolute Gasteiger partial charge is 0.389 e. The molecular formula is C17H25FN2S. The molecule has 0 aromatic heterocycles. The number of likely N-dealkylation sites (tertiary alicyclic amines) is 1. The van der Waals surface area contributed by atoms with Crippen molar-refractivity contribution >= 4 is 17.2 Å². The number of halogens is 1. The van der Waals surface area contributed by atoms with E-state index in [0.717, 1.165) is 24.6 Å². The minimum Gasteiger partial charge on any atom is -0.389 e. The van der Waals surface area contributed by atoms with Gasteiger partial charge in [0, 0.05) is 17.7 Å². The van der Waals surface area contributed by atoms with Crippen LogP contribution in [0.3, 0.4) is 0 Å². The molecule has 0 saturated carbocycles. The maximum absolute atomic E-state index is 14.0. The number of rotatable bonds is 5. The van der Waals surface area contributed by atoms with Gasteiger partial charge in [-0.3, -0.25) is 4.90 Å². The molecule has 21 heavy (non-hydrogen) atoms. The fraction of sp³-hybridized carbons (Fsp3) is 0.588. The third-order valence-electron chi connectivity index (χ3n) is 4.36. The van der Waals surface area contributed by atoms with E-state index in [2.05, 4.69) is 11.8 Å². The van der Waals surface area contributed by atoms with Crippen molar-refractivity contribution in [2.24, 2.45) is 11.7 Å². The second-order valence-corrected chi connectivity index (χ2v) is 6.47. The third-order valence-corrected chi connectivity index (χ3v) is 4.60. The van der Waals surface area contributed by atoms with E-state index >= 15 is 0 Å². The summed E-state index contributed by atoms with van der Waals surface area (Å²) in [6.07, 6.45) is 6.32. The van der Waals surface area contributed by atoms with Gasteiger partial charge in [-0.2, -0.15) is 0 Å². The molecule has 2 rings (SSSR count). The van der Waals surface area contributed by atoms with E-state index < -0.39 is 0 Å². The summed E-state index contributed by atoms with van der Waals surface area (Å²) < 4.78 is 14.0. The average Bonchev–Trinajstić information content (AvgIpc) is 2.67. The van der Waals surface area contributed by atoms with Crippen molar-refractivity contribution in [3.63, 3.8) is 0 Å². The second kappa shape index (κ2) is 7.85. The van der Waals surface area contributed by atoms with Crippen molar-refractivity contribution < 1.29 is 4.39 Å². The summed E-state index contributed by atoms with van der Waals surface area (Å²) in [6, 6.07) is 4.93. The standard InChI is InChI=1S/C17H25FN2S/c1-2-4-13-5-3-9-20(10-8-13)12-15-11-14(17(19)21)6-7-16(15)18/h6-7,11,13H,2-5,8-10,12H2,1H3,(H2,19,21). The lowest BCUT2D eigenvalue weighted by Gasteiger charge is -2.21. The van der Waals surface area contributed by atoms with Crippen LogP contribution in [0.25, 0.3) is 0 Å². The van der Waals surface area contributed by atoms with Crippen LogP contribution >= 0.6 is 12.2 Å². The second-order valence-electron chi connectivity index (χ2n) is 6.03. The van der Waals surface area contributed by atoms with Crippen molar-refractivity contribution in [2.45, 2.75) is 45.6 Å². The molecule has 1 atom stereocenters. The quantitative estimate of drug-likeness (QED) is 0.838. The molecule has 1 aliphatic heterocycles. The van der Waals surface area contributed by atoms with E-state index in [4.69, 9.17) is 18.0 Å². The van der Waals surface area contributed by atoms with Gasteiger partial charge in [0.05, 0.1) is 0 Å². The first-order valence-corrected chi connectivity index (χ1v) is 8.31. The molecule has 0 spiro atoms. The highest BCUT2D eigenvalue weighted by Gasteiger charge is 2.17. The van der Waals surface area contributed by atoms with Crippen LogP contribution in [-0.2, 0) is 6.54 Å². The molecule has 4 heteroatoms. The van der Waals surface area contributed by atoms with Crippen LogP contribution in [0.4, 0.5) is 4.39 Å². The first-order valence-electron chi connectivity index (χ1n) is 7.90. The van der Waals surface area contributed by atoms with E-state index in [1.54, 1.807) is 12.1 Å². The first-order chi connectivity index (χ1) is 10.1. The molecule has 1 aliphatic rings. The van der Waals surface area contributed by atoms with E-state index in [0.29, 0.717) is 17.1 Å². The van der Waals surface area contributed by atoms with Gasteiger partial charge in [0.1, 0.15) is 10.8 Å². The van der Waals surface area contributed by atoms with Crippen LogP contribution in [0, 0.1) is 11.7 Å². The fourth-order valence-corrected chi connectivity index (χ4v) is 3.30. The van der Waals surface area contributed by atoms with Gasteiger partial charge in [0.2, 0.25) is 0 Å². The maximum atomic E-state index is 14.0. The molecule has 1 fully saturated rings. The summed E-state index contributed by atoms with van der Waals surface area (Å²) in [5.74, 6) is 0.678. The fourth-order valence-electron chi connectivity index (χ4n) is 3.17. The topological polar surface area (TPSA) is 29.3 Å². The van der Waals surface area contributed by atoms with Gasteiger partial charge in [-0.05, 0) is 56.5 Å². The molecule has 0 amide bonds. The molecule has 116 valence electrons. The van der Waals surface area contributed by atoms with Crippen molar-refractivity contribution in [2.75, 3.05) is 13.1 Å². The van der Waals surface area contributed by atoms with Crippen LogP contribution in [0.15, 0.2) is 18.2 Å². The molecule has 1 heterocycles. The van der Waals surface area contributed by atoms with Gasteiger partial charge >= 0.3 is 0 Å². The lowest BCUT2D eigenvalue weighted by Crippen LogP contribution is -2.25. The highest BCUT2D eigenvalue weighted by molar-refractivity contribution is 7.80. The third kappa shape index (κ3) is 4.75. The summed E-state index contributed by atoms with van der Waals surface area (Å²) in [4.78, 5) is 2.69. The van der Waals surface area contributed by atoms with Crippen LogP contribution in [0.5, 0.6) is 0 Å². The lowest BCUT2D eigenvalue weighted by atomic mass is 9.96. The average molecular weight is 308 g/mol. The maximum Gasteiger partial charge on any atom is 0.127 e. The number of nitrogens with two attached hydrogens (primary N) is 1. The summed E-state index contributed by atoms with van der Waals surface area (Å²) in [5, 5.41) is 0. The Labute approximate surface area is 132 Å². The molecule has 2 nitrogen and oxygen atoms in total. The van der Waals surface area contributed by atoms with Crippen LogP contribution in [0.1, 0.15) is 50.2 Å². The highest BCUT2D eigenvalue weighted by Crippen LogP contribution is 2.23. The van der Waals surface area contributed by atoms with Crippen molar-refractivity contribution in [1.29, 1.82) is 0 Å². The molecule has 1 aromatic carbocycles. The van der Waals surface area contributed by atoms with E-state index in [9.17, 15) is 4.39 Å². The van der Waals surface area contributed by atoms with Crippen molar-refractivity contribution in [1.82, 2.24) is 4.90 Å². The molecule has 1 saturated heterocycles. The van der Waals surface area contributed by atoms with Crippen LogP contribution in [-0.4, -0.2) is 23.0 Å². The van der Waals surface area contributed by atoms with Crippen molar-refractivity contribution in [3.05, 3.63) is 35.1 Å². The lowest BCUT2D eigenvalue weighted by molar-refractivity contribution is 0.267. The predicted molar refractivity (Wildman–Crippen MR) is 89.8 cm³/mol. The predicted octanol–water partition coefficient (Wildman–Crippen LogP) is 3.86. The molecule has 1 unspecified atom stereocenters. The zero-order valence-corrected chi connectivity index (χ0v) is 13.6. The zero-order valence-electron chi connectivity index (χ0n) is 12.8. The van der Waals surface area contributed by atoms with Gasteiger partial charge in [0.25, 0.3) is 0 Å². The highest BCUT2D eigenvalue weighted by atomic mass is 32.1. The molecule has 0 aliphatic carbocycles. The summed E-state index contributed by atoms with van der Waals surface area (Å²) in [6.45, 7) is 5.01. The Morgan fingerprint density at radius 2 is 2.19 bits per heavy atom. The first kappa shape index (κ1) is 16.4. The number of nitrogens with zero attached hydrogens (tertiary/aromatic N) is 1.